The van der Waals surface area contributed by atoms with E-state index in [1.165, 1.54) is 0 Å². The third kappa shape index (κ3) is 2.73. The molecule has 0 amide bonds. The quantitative estimate of drug-likeness (QED) is 0.927. The summed E-state index contributed by atoms with van der Waals surface area (Å²) in [6.07, 6.45) is -3.38. The van der Waals surface area contributed by atoms with Gasteiger partial charge in [-0.25, -0.2) is 13.8 Å². The lowest BCUT2D eigenvalue weighted by Gasteiger charge is -2.06. The van der Waals surface area contributed by atoms with Gasteiger partial charge in [-0.1, -0.05) is 0 Å². The molecule has 0 bridgehead atoms. The second-order valence-corrected chi connectivity index (χ2v) is 3.69. The number of hydrogen-bond donors (Lipinski definition) is 1. The summed E-state index contributed by atoms with van der Waals surface area (Å²) in [5, 5.41) is 17.2. The Bertz CT molecular complexity index is 471. The maximum atomic E-state index is 12.5. The van der Waals surface area contributed by atoms with Crippen molar-refractivity contribution < 1.29 is 18.7 Å². The van der Waals surface area contributed by atoms with Gasteiger partial charge in [0.05, 0.1) is 17.7 Å². The second kappa shape index (κ2) is 4.99. The highest BCUT2D eigenvalue weighted by Gasteiger charge is 2.18. The summed E-state index contributed by atoms with van der Waals surface area (Å²) >= 11 is 2.85. The van der Waals surface area contributed by atoms with Gasteiger partial charge < -0.3 is 5.11 Å². The number of alkyl halides is 2. The van der Waals surface area contributed by atoms with Crippen LogP contribution in [0.5, 0.6) is 0 Å². The lowest BCUT2D eigenvalue weighted by molar-refractivity contribution is -0.136. The number of carboxylic acid groups (broad SMARTS) is 1. The van der Waals surface area contributed by atoms with Crippen LogP contribution in [-0.2, 0) is 11.2 Å². The summed E-state index contributed by atoms with van der Waals surface area (Å²) in [7, 11) is 0. The zero-order valence-electron chi connectivity index (χ0n) is 7.75. The summed E-state index contributed by atoms with van der Waals surface area (Å²) in [6, 6.07) is 2.85. The van der Waals surface area contributed by atoms with E-state index in [1.54, 1.807) is 6.07 Å². The van der Waals surface area contributed by atoms with Gasteiger partial charge in [0.1, 0.15) is 11.8 Å². The Balaban J connectivity index is 3.30. The number of carboxylic acids is 1. The van der Waals surface area contributed by atoms with E-state index >= 15 is 0 Å². The van der Waals surface area contributed by atoms with Crippen molar-refractivity contribution in [2.24, 2.45) is 0 Å². The summed E-state index contributed by atoms with van der Waals surface area (Å²) in [5.41, 5.74) is -0.748. The van der Waals surface area contributed by atoms with Crippen molar-refractivity contribution in [1.29, 1.82) is 5.26 Å². The largest absolute Gasteiger partial charge is 0.481 e. The molecule has 16 heavy (non-hydrogen) atoms. The van der Waals surface area contributed by atoms with Crippen molar-refractivity contribution in [1.82, 2.24) is 4.98 Å². The minimum atomic E-state index is -2.82. The summed E-state index contributed by atoms with van der Waals surface area (Å²) in [5.74, 6) is -1.23. The van der Waals surface area contributed by atoms with E-state index in [9.17, 15) is 13.6 Å². The predicted molar refractivity (Wildman–Crippen MR) is 52.9 cm³/mol. The molecule has 0 radical (unpaired) electrons. The Hall–Kier alpha value is -1.55. The van der Waals surface area contributed by atoms with Crippen LogP contribution in [0.4, 0.5) is 8.78 Å². The molecule has 4 nitrogen and oxygen atoms in total. The number of hydrogen-bond acceptors (Lipinski definition) is 3. The molecule has 84 valence electrons. The van der Waals surface area contributed by atoms with Gasteiger partial charge in [-0.05, 0) is 22.0 Å². The van der Waals surface area contributed by atoms with Gasteiger partial charge in [-0.15, -0.1) is 0 Å². The maximum absolute atomic E-state index is 12.5. The normalized spacial score (nSPS) is 10.2. The molecular weight excluding hydrogens is 286 g/mol. The molecular formula is C9H5BrF2N2O2. The third-order valence-corrected chi connectivity index (χ3v) is 2.36. The number of nitrogens with zero attached hydrogens (tertiary/aromatic N) is 2. The molecule has 0 saturated heterocycles. The molecule has 0 fully saturated rings. The zero-order chi connectivity index (χ0) is 12.3. The Morgan fingerprint density at radius 2 is 2.31 bits per heavy atom. The van der Waals surface area contributed by atoms with Gasteiger partial charge >= 0.3 is 5.97 Å². The number of halogens is 3. The molecule has 1 N–H and O–H groups in total. The lowest BCUT2D eigenvalue weighted by Crippen LogP contribution is -2.07. The fourth-order valence-electron chi connectivity index (χ4n) is 1.07. The Kier molecular flexibility index (Phi) is 3.90. The number of pyridine rings is 1. The average Bonchev–Trinajstić information content (AvgIpc) is 2.18. The first-order valence-electron chi connectivity index (χ1n) is 4.05. The second-order valence-electron chi connectivity index (χ2n) is 2.83. The van der Waals surface area contributed by atoms with Crippen molar-refractivity contribution in [3.05, 3.63) is 27.5 Å². The minimum Gasteiger partial charge on any atom is -0.481 e. The van der Waals surface area contributed by atoms with Gasteiger partial charge in [-0.2, -0.15) is 5.26 Å². The molecule has 0 aliphatic carbocycles. The SMILES string of the molecule is N#Cc1cc(Br)c(C(F)F)nc1CC(=O)O. The van der Waals surface area contributed by atoms with Gasteiger partial charge in [0, 0.05) is 4.47 Å². The highest BCUT2D eigenvalue weighted by Crippen LogP contribution is 2.27. The van der Waals surface area contributed by atoms with E-state index < -0.39 is 24.5 Å². The molecule has 1 rings (SSSR count). The van der Waals surface area contributed by atoms with Crippen LogP contribution >= 0.6 is 15.9 Å². The highest BCUT2D eigenvalue weighted by atomic mass is 79.9. The van der Waals surface area contributed by atoms with Crippen LogP contribution in [0, 0.1) is 11.3 Å². The van der Waals surface area contributed by atoms with E-state index in [4.69, 9.17) is 10.4 Å². The molecule has 0 aliphatic heterocycles. The first-order valence-corrected chi connectivity index (χ1v) is 4.84. The number of rotatable bonds is 3. The Labute approximate surface area is 97.7 Å². The van der Waals surface area contributed by atoms with Gasteiger partial charge in [0.25, 0.3) is 6.43 Å². The van der Waals surface area contributed by atoms with E-state index in [-0.39, 0.29) is 15.7 Å². The standard InChI is InChI=1S/C9H5BrF2N2O2/c10-5-1-4(3-13)6(2-7(15)16)14-8(5)9(11)12/h1,9H,2H2,(H,15,16). The average molecular weight is 291 g/mol. The number of aliphatic carboxylic acids is 1. The fourth-order valence-corrected chi connectivity index (χ4v) is 1.56. The van der Waals surface area contributed by atoms with Gasteiger partial charge in [-0.3, -0.25) is 4.79 Å². The monoisotopic (exact) mass is 290 g/mol. The van der Waals surface area contributed by atoms with E-state index in [0.29, 0.717) is 0 Å². The molecule has 0 aliphatic rings. The molecule has 0 atom stereocenters. The van der Waals surface area contributed by atoms with Crippen molar-refractivity contribution >= 4 is 21.9 Å². The van der Waals surface area contributed by atoms with E-state index in [2.05, 4.69) is 20.9 Å². The topological polar surface area (TPSA) is 74.0 Å². The van der Waals surface area contributed by atoms with Crippen LogP contribution in [0.2, 0.25) is 0 Å². The molecule has 1 aromatic rings. The van der Waals surface area contributed by atoms with Crippen LogP contribution in [0.15, 0.2) is 10.5 Å². The van der Waals surface area contributed by atoms with Crippen LogP contribution in [0.1, 0.15) is 23.4 Å². The van der Waals surface area contributed by atoms with E-state index in [0.717, 1.165) is 6.07 Å². The molecule has 0 aromatic carbocycles. The fraction of sp³-hybridized carbons (Fsp3) is 0.222. The molecule has 7 heteroatoms. The van der Waals surface area contributed by atoms with Crippen LogP contribution in [-0.4, -0.2) is 16.1 Å². The maximum Gasteiger partial charge on any atom is 0.309 e. The Morgan fingerprint density at radius 3 is 2.75 bits per heavy atom. The van der Waals surface area contributed by atoms with Crippen LogP contribution in [0.3, 0.4) is 0 Å². The molecule has 0 spiro atoms. The summed E-state index contributed by atoms with van der Waals surface area (Å²) < 4.78 is 24.9. The lowest BCUT2D eigenvalue weighted by atomic mass is 10.1. The number of carbonyl (C=O) groups is 1. The smallest absolute Gasteiger partial charge is 0.309 e. The minimum absolute atomic E-state index is 0.00631. The first kappa shape index (κ1) is 12.5. The number of nitriles is 1. The molecule has 0 unspecified atom stereocenters. The number of aromatic nitrogens is 1. The predicted octanol–water partition coefficient (Wildman–Crippen LogP) is 2.28. The highest BCUT2D eigenvalue weighted by molar-refractivity contribution is 9.10. The molecule has 0 saturated carbocycles. The molecule has 1 heterocycles. The van der Waals surface area contributed by atoms with Crippen LogP contribution < -0.4 is 0 Å². The Morgan fingerprint density at radius 1 is 1.69 bits per heavy atom. The first-order chi connectivity index (χ1) is 7.45. The van der Waals surface area contributed by atoms with Crippen molar-refractivity contribution in [2.75, 3.05) is 0 Å². The van der Waals surface area contributed by atoms with E-state index in [1.807, 2.05) is 0 Å². The summed E-state index contributed by atoms with van der Waals surface area (Å²) in [6.45, 7) is 0. The van der Waals surface area contributed by atoms with Gasteiger partial charge in [0.15, 0.2) is 0 Å². The van der Waals surface area contributed by atoms with Crippen molar-refractivity contribution in [2.45, 2.75) is 12.8 Å². The molecule has 1 aromatic heterocycles. The van der Waals surface area contributed by atoms with Crippen molar-refractivity contribution in [3.63, 3.8) is 0 Å². The van der Waals surface area contributed by atoms with Gasteiger partial charge in [0.2, 0.25) is 0 Å². The summed E-state index contributed by atoms with van der Waals surface area (Å²) in [4.78, 5) is 13.9. The third-order valence-electron chi connectivity index (χ3n) is 1.73. The zero-order valence-corrected chi connectivity index (χ0v) is 9.33. The van der Waals surface area contributed by atoms with Crippen molar-refractivity contribution in [3.8, 4) is 6.07 Å². The van der Waals surface area contributed by atoms with Crippen LogP contribution in [0.25, 0.3) is 0 Å².